The van der Waals surface area contributed by atoms with Crippen molar-refractivity contribution in [2.75, 3.05) is 6.54 Å². The molecule has 1 aliphatic rings. The van der Waals surface area contributed by atoms with Gasteiger partial charge in [-0.3, -0.25) is 14.3 Å². The van der Waals surface area contributed by atoms with Crippen LogP contribution in [0.25, 0.3) is 0 Å². The van der Waals surface area contributed by atoms with Crippen LogP contribution in [-0.2, 0) is 35.5 Å². The van der Waals surface area contributed by atoms with Crippen LogP contribution in [0.2, 0.25) is 0 Å². The summed E-state index contributed by atoms with van der Waals surface area (Å²) in [7, 11) is 0. The van der Waals surface area contributed by atoms with E-state index in [1.165, 1.54) is 0 Å². The third-order valence-electron chi connectivity index (χ3n) is 4.78. The predicted octanol–water partition coefficient (Wildman–Crippen LogP) is 1.87. The minimum atomic E-state index is -0.829. The molecule has 0 unspecified atom stereocenters. The molecule has 1 amide bonds. The quantitative estimate of drug-likeness (QED) is 0.844. The van der Waals surface area contributed by atoms with Gasteiger partial charge < -0.3 is 14.5 Å². The van der Waals surface area contributed by atoms with Crippen LogP contribution in [0.1, 0.15) is 47.7 Å². The van der Waals surface area contributed by atoms with Crippen molar-refractivity contribution in [2.45, 2.75) is 59.0 Å². The number of rotatable bonds is 6. The summed E-state index contributed by atoms with van der Waals surface area (Å²) in [5.74, 6) is 0.0448. The molecule has 26 heavy (non-hydrogen) atoms. The number of aryl methyl sites for hydroxylation is 4. The van der Waals surface area contributed by atoms with Gasteiger partial charge in [0.2, 0.25) is 5.91 Å². The SMILES string of the molecule is Cc1noc(C)c1CCC(=O)N1CCCn2nc(CCC(=O)O)cc2C1. The average molecular weight is 360 g/mol. The van der Waals surface area contributed by atoms with Crippen LogP contribution >= 0.6 is 0 Å². The third-order valence-corrected chi connectivity index (χ3v) is 4.78. The first-order valence-electron chi connectivity index (χ1n) is 8.91. The van der Waals surface area contributed by atoms with Crippen molar-refractivity contribution in [3.63, 3.8) is 0 Å². The smallest absolute Gasteiger partial charge is 0.303 e. The summed E-state index contributed by atoms with van der Waals surface area (Å²) in [5.41, 5.74) is 3.59. The zero-order valence-corrected chi connectivity index (χ0v) is 15.2. The number of carbonyl (C=O) groups is 2. The Kier molecular flexibility index (Phi) is 5.39. The lowest BCUT2D eigenvalue weighted by Gasteiger charge is -2.20. The van der Waals surface area contributed by atoms with Crippen LogP contribution in [-0.4, -0.2) is 43.4 Å². The van der Waals surface area contributed by atoms with E-state index >= 15 is 0 Å². The third kappa shape index (κ3) is 4.12. The predicted molar refractivity (Wildman–Crippen MR) is 92.5 cm³/mol. The molecule has 8 nitrogen and oxygen atoms in total. The Morgan fingerprint density at radius 1 is 1.23 bits per heavy atom. The Morgan fingerprint density at radius 2 is 2.04 bits per heavy atom. The number of hydrogen-bond acceptors (Lipinski definition) is 5. The Labute approximate surface area is 151 Å². The average Bonchev–Trinajstić information content (AvgIpc) is 3.06. The molecule has 0 spiro atoms. The first-order valence-corrected chi connectivity index (χ1v) is 8.91. The highest BCUT2D eigenvalue weighted by atomic mass is 16.5. The Hall–Kier alpha value is -2.64. The number of nitrogens with zero attached hydrogens (tertiary/aromatic N) is 4. The molecular formula is C18H24N4O4. The fourth-order valence-corrected chi connectivity index (χ4v) is 3.34. The molecular weight excluding hydrogens is 336 g/mol. The number of aromatic nitrogens is 3. The molecule has 0 atom stereocenters. The molecule has 0 saturated heterocycles. The van der Waals surface area contributed by atoms with Gasteiger partial charge in [0.1, 0.15) is 5.76 Å². The largest absolute Gasteiger partial charge is 0.481 e. The van der Waals surface area contributed by atoms with Gasteiger partial charge in [0.05, 0.1) is 30.0 Å². The van der Waals surface area contributed by atoms with Gasteiger partial charge in [-0.1, -0.05) is 5.16 Å². The highest BCUT2D eigenvalue weighted by Crippen LogP contribution is 2.18. The molecule has 0 fully saturated rings. The van der Waals surface area contributed by atoms with Crippen LogP contribution in [0.4, 0.5) is 0 Å². The van der Waals surface area contributed by atoms with Crippen LogP contribution in [0.3, 0.4) is 0 Å². The molecule has 0 bridgehead atoms. The molecule has 2 aromatic heterocycles. The number of carboxylic acid groups (broad SMARTS) is 1. The van der Waals surface area contributed by atoms with Crippen molar-refractivity contribution in [3.8, 4) is 0 Å². The minimum Gasteiger partial charge on any atom is -0.481 e. The molecule has 140 valence electrons. The monoisotopic (exact) mass is 360 g/mol. The van der Waals surface area contributed by atoms with Crippen LogP contribution in [0, 0.1) is 13.8 Å². The molecule has 0 aromatic carbocycles. The van der Waals surface area contributed by atoms with Crippen molar-refractivity contribution in [2.24, 2.45) is 0 Å². The summed E-state index contributed by atoms with van der Waals surface area (Å²) in [6, 6.07) is 1.92. The molecule has 0 aliphatic carbocycles. The van der Waals surface area contributed by atoms with E-state index in [0.29, 0.717) is 32.4 Å². The van der Waals surface area contributed by atoms with E-state index in [2.05, 4.69) is 10.3 Å². The molecule has 8 heteroatoms. The number of aliphatic carboxylic acids is 1. The number of carboxylic acids is 1. The lowest BCUT2D eigenvalue weighted by atomic mass is 10.1. The standard InChI is InChI=1S/C18H24N4O4/c1-12-16(13(2)26-20-12)5-6-17(23)21-8-3-9-22-15(11-21)10-14(19-22)4-7-18(24)25/h10H,3-9,11H2,1-2H3,(H,24,25). The van der Waals surface area contributed by atoms with E-state index in [4.69, 9.17) is 9.63 Å². The van der Waals surface area contributed by atoms with Gasteiger partial charge in [-0.2, -0.15) is 5.10 Å². The summed E-state index contributed by atoms with van der Waals surface area (Å²) in [6.07, 6.45) is 2.36. The van der Waals surface area contributed by atoms with E-state index in [9.17, 15) is 9.59 Å². The zero-order valence-electron chi connectivity index (χ0n) is 15.2. The van der Waals surface area contributed by atoms with Crippen LogP contribution < -0.4 is 0 Å². The summed E-state index contributed by atoms with van der Waals surface area (Å²) in [4.78, 5) is 25.3. The molecule has 2 aromatic rings. The van der Waals surface area contributed by atoms with Crippen molar-refractivity contribution in [1.29, 1.82) is 0 Å². The van der Waals surface area contributed by atoms with E-state index in [1.54, 1.807) is 0 Å². The van der Waals surface area contributed by atoms with E-state index in [0.717, 1.165) is 41.4 Å². The van der Waals surface area contributed by atoms with Gasteiger partial charge >= 0.3 is 5.97 Å². The topological polar surface area (TPSA) is 101 Å². The summed E-state index contributed by atoms with van der Waals surface area (Å²) in [5, 5.41) is 17.2. The van der Waals surface area contributed by atoms with E-state index in [-0.39, 0.29) is 12.3 Å². The van der Waals surface area contributed by atoms with E-state index in [1.807, 2.05) is 29.5 Å². The maximum atomic E-state index is 12.7. The Balaban J connectivity index is 1.62. The van der Waals surface area contributed by atoms with Gasteiger partial charge in [-0.15, -0.1) is 0 Å². The fraction of sp³-hybridized carbons (Fsp3) is 0.556. The van der Waals surface area contributed by atoms with Crippen LogP contribution in [0.5, 0.6) is 0 Å². The summed E-state index contributed by atoms with van der Waals surface area (Å²) < 4.78 is 7.06. The molecule has 3 heterocycles. The lowest BCUT2D eigenvalue weighted by molar-refractivity contribution is -0.137. The van der Waals surface area contributed by atoms with Crippen molar-refractivity contribution in [1.82, 2.24) is 19.8 Å². The zero-order chi connectivity index (χ0) is 18.7. The van der Waals surface area contributed by atoms with Crippen molar-refractivity contribution < 1.29 is 19.2 Å². The highest BCUT2D eigenvalue weighted by Gasteiger charge is 2.21. The van der Waals surface area contributed by atoms with E-state index < -0.39 is 5.97 Å². The molecule has 0 radical (unpaired) electrons. The summed E-state index contributed by atoms with van der Waals surface area (Å²) in [6.45, 7) is 5.72. The van der Waals surface area contributed by atoms with Crippen molar-refractivity contribution in [3.05, 3.63) is 34.5 Å². The number of carbonyl (C=O) groups excluding carboxylic acids is 1. The number of hydrogen-bond donors (Lipinski definition) is 1. The maximum Gasteiger partial charge on any atom is 0.303 e. The van der Waals surface area contributed by atoms with Gasteiger partial charge in [0.15, 0.2) is 0 Å². The minimum absolute atomic E-state index is 0.0660. The second kappa shape index (κ2) is 7.72. The Morgan fingerprint density at radius 3 is 2.73 bits per heavy atom. The Bertz CT molecular complexity index is 789. The normalized spacial score (nSPS) is 14.2. The van der Waals surface area contributed by atoms with Gasteiger partial charge in [0.25, 0.3) is 0 Å². The highest BCUT2D eigenvalue weighted by molar-refractivity contribution is 5.76. The van der Waals surface area contributed by atoms with Crippen LogP contribution in [0.15, 0.2) is 10.6 Å². The number of fused-ring (bicyclic) bond motifs is 1. The van der Waals surface area contributed by atoms with Gasteiger partial charge in [-0.05, 0) is 32.8 Å². The van der Waals surface area contributed by atoms with Gasteiger partial charge in [0, 0.05) is 31.5 Å². The maximum absolute atomic E-state index is 12.7. The first kappa shape index (κ1) is 18.2. The molecule has 1 N–H and O–H groups in total. The molecule has 0 saturated carbocycles. The molecule has 1 aliphatic heterocycles. The first-order chi connectivity index (χ1) is 12.4. The fourth-order valence-electron chi connectivity index (χ4n) is 3.34. The second-order valence-corrected chi connectivity index (χ2v) is 6.72. The number of amides is 1. The van der Waals surface area contributed by atoms with Gasteiger partial charge in [-0.25, -0.2) is 0 Å². The molecule has 3 rings (SSSR count). The summed E-state index contributed by atoms with van der Waals surface area (Å²) >= 11 is 0. The van der Waals surface area contributed by atoms with Crippen molar-refractivity contribution >= 4 is 11.9 Å². The second-order valence-electron chi connectivity index (χ2n) is 6.72. The lowest BCUT2D eigenvalue weighted by Crippen LogP contribution is -2.30.